The smallest absolute Gasteiger partial charge is 0.343 e. The molecule has 0 radical (unpaired) electrons. The average Bonchev–Trinajstić information content (AvgIpc) is 3.06. The maximum atomic E-state index is 12.0. The summed E-state index contributed by atoms with van der Waals surface area (Å²) in [6, 6.07) is 7.42. The van der Waals surface area contributed by atoms with Gasteiger partial charge in [0.05, 0.1) is 12.8 Å². The molecule has 0 spiro atoms. The van der Waals surface area contributed by atoms with Crippen molar-refractivity contribution in [2.75, 3.05) is 18.6 Å². The van der Waals surface area contributed by atoms with Gasteiger partial charge < -0.3 is 15.2 Å². The molecule has 0 amide bonds. The van der Waals surface area contributed by atoms with Crippen LogP contribution in [0.15, 0.2) is 35.6 Å². The molecule has 2 N–H and O–H groups in total. The second-order valence-electron chi connectivity index (χ2n) is 5.97. The zero-order valence-corrected chi connectivity index (χ0v) is 16.9. The number of nitrogens with two attached hydrogens (primary N) is 1. The highest BCUT2D eigenvalue weighted by Gasteiger charge is 2.19. The Hall–Kier alpha value is -3.07. The molecule has 0 atom stereocenters. The molecule has 8 nitrogen and oxygen atoms in total. The molecular formula is C19H21N5O3S. The SMILES string of the molecule is CCOC(=O)c1cnn(-c2cc(Oc3ccc(C)c(C)c3)nc(SC)n2)c1N. The van der Waals surface area contributed by atoms with Crippen molar-refractivity contribution in [3.63, 3.8) is 0 Å². The first-order valence-corrected chi connectivity index (χ1v) is 9.84. The van der Waals surface area contributed by atoms with Crippen LogP contribution in [-0.2, 0) is 4.74 Å². The van der Waals surface area contributed by atoms with E-state index < -0.39 is 5.97 Å². The van der Waals surface area contributed by atoms with Crippen LogP contribution in [0.2, 0.25) is 0 Å². The highest BCUT2D eigenvalue weighted by atomic mass is 32.2. The van der Waals surface area contributed by atoms with E-state index in [9.17, 15) is 4.79 Å². The van der Waals surface area contributed by atoms with Gasteiger partial charge in [0, 0.05) is 6.07 Å². The van der Waals surface area contributed by atoms with Gasteiger partial charge in [-0.05, 0) is 50.3 Å². The van der Waals surface area contributed by atoms with E-state index in [-0.39, 0.29) is 18.0 Å². The Morgan fingerprint density at radius 1 is 1.21 bits per heavy atom. The number of esters is 1. The number of aromatic nitrogens is 4. The predicted molar refractivity (Wildman–Crippen MR) is 107 cm³/mol. The third kappa shape index (κ3) is 4.09. The molecule has 0 saturated carbocycles. The van der Waals surface area contributed by atoms with Crippen LogP contribution >= 0.6 is 11.8 Å². The number of nitrogens with zero attached hydrogens (tertiary/aromatic N) is 4. The van der Waals surface area contributed by atoms with Gasteiger partial charge in [-0.2, -0.15) is 14.8 Å². The number of benzene rings is 1. The van der Waals surface area contributed by atoms with Crippen LogP contribution in [-0.4, -0.2) is 38.6 Å². The summed E-state index contributed by atoms with van der Waals surface area (Å²) in [5.41, 5.74) is 8.57. The number of anilines is 1. The summed E-state index contributed by atoms with van der Waals surface area (Å²) in [4.78, 5) is 20.8. The van der Waals surface area contributed by atoms with E-state index in [2.05, 4.69) is 15.1 Å². The minimum Gasteiger partial charge on any atom is -0.462 e. The van der Waals surface area contributed by atoms with E-state index in [4.69, 9.17) is 15.2 Å². The summed E-state index contributed by atoms with van der Waals surface area (Å²) in [5, 5.41) is 4.66. The van der Waals surface area contributed by atoms with Gasteiger partial charge in [0.2, 0.25) is 5.88 Å². The molecule has 0 aliphatic heterocycles. The largest absolute Gasteiger partial charge is 0.462 e. The van der Waals surface area contributed by atoms with Crippen molar-refractivity contribution in [1.29, 1.82) is 0 Å². The molecule has 146 valence electrons. The number of thioether (sulfide) groups is 1. The highest BCUT2D eigenvalue weighted by Crippen LogP contribution is 2.26. The summed E-state index contributed by atoms with van der Waals surface area (Å²) >= 11 is 1.36. The van der Waals surface area contributed by atoms with E-state index >= 15 is 0 Å². The van der Waals surface area contributed by atoms with E-state index in [1.54, 1.807) is 13.0 Å². The molecule has 0 aliphatic carbocycles. The fourth-order valence-electron chi connectivity index (χ4n) is 2.45. The summed E-state index contributed by atoms with van der Waals surface area (Å²) in [6.07, 6.45) is 3.22. The van der Waals surface area contributed by atoms with Crippen molar-refractivity contribution in [2.24, 2.45) is 0 Å². The number of hydrogen-bond donors (Lipinski definition) is 1. The van der Waals surface area contributed by atoms with E-state index in [0.717, 1.165) is 5.56 Å². The van der Waals surface area contributed by atoms with Crippen LogP contribution in [0.4, 0.5) is 5.82 Å². The second-order valence-corrected chi connectivity index (χ2v) is 6.75. The Labute approximate surface area is 167 Å². The fourth-order valence-corrected chi connectivity index (χ4v) is 2.82. The fraction of sp³-hybridized carbons (Fsp3) is 0.263. The lowest BCUT2D eigenvalue weighted by Gasteiger charge is -2.10. The second kappa shape index (κ2) is 8.30. The number of hydrogen-bond acceptors (Lipinski definition) is 8. The number of ether oxygens (including phenoxy) is 2. The van der Waals surface area contributed by atoms with Crippen molar-refractivity contribution < 1.29 is 14.3 Å². The number of carbonyl (C=O) groups excluding carboxylic acids is 1. The maximum Gasteiger partial charge on any atom is 0.343 e. The van der Waals surface area contributed by atoms with Gasteiger partial charge >= 0.3 is 5.97 Å². The first-order chi connectivity index (χ1) is 13.4. The molecule has 3 aromatic rings. The molecule has 0 aliphatic rings. The summed E-state index contributed by atoms with van der Waals surface area (Å²) in [7, 11) is 0. The topological polar surface area (TPSA) is 105 Å². The standard InChI is InChI=1S/C19H21N5O3S/c1-5-26-18(25)14-10-21-24(17(14)20)15-9-16(23-19(22-15)28-4)27-13-7-6-11(2)12(3)8-13/h6-10H,5,20H2,1-4H3. The Balaban J connectivity index is 1.97. The molecule has 0 fully saturated rings. The van der Waals surface area contributed by atoms with Crippen LogP contribution < -0.4 is 10.5 Å². The average molecular weight is 399 g/mol. The molecule has 9 heteroatoms. The molecule has 2 heterocycles. The van der Waals surface area contributed by atoms with Crippen molar-refractivity contribution in [3.05, 3.63) is 47.2 Å². The van der Waals surface area contributed by atoms with Crippen LogP contribution in [0.5, 0.6) is 11.6 Å². The Morgan fingerprint density at radius 2 is 2.00 bits per heavy atom. The summed E-state index contributed by atoms with van der Waals surface area (Å²) in [5.74, 6) is 1.02. The van der Waals surface area contributed by atoms with Gasteiger partial charge in [-0.15, -0.1) is 0 Å². The molecule has 28 heavy (non-hydrogen) atoms. The first kappa shape index (κ1) is 19.7. The monoisotopic (exact) mass is 399 g/mol. The predicted octanol–water partition coefficient (Wildman–Crippen LogP) is 3.55. The lowest BCUT2D eigenvalue weighted by Crippen LogP contribution is -2.10. The van der Waals surface area contributed by atoms with Crippen molar-refractivity contribution in [2.45, 2.75) is 25.9 Å². The summed E-state index contributed by atoms with van der Waals surface area (Å²) in [6.45, 7) is 6.03. The highest BCUT2D eigenvalue weighted by molar-refractivity contribution is 7.98. The van der Waals surface area contributed by atoms with Gasteiger partial charge in [0.1, 0.15) is 17.1 Å². The molecule has 2 aromatic heterocycles. The quantitative estimate of drug-likeness (QED) is 0.381. The number of nitrogen functional groups attached to an aromatic ring is 1. The number of aryl methyl sites for hydroxylation is 2. The zero-order chi connectivity index (χ0) is 20.3. The molecule has 0 unspecified atom stereocenters. The van der Waals surface area contributed by atoms with Gasteiger partial charge in [0.15, 0.2) is 11.0 Å². The Morgan fingerprint density at radius 3 is 2.68 bits per heavy atom. The molecule has 3 rings (SSSR count). The van der Waals surface area contributed by atoms with Crippen molar-refractivity contribution >= 4 is 23.5 Å². The van der Waals surface area contributed by atoms with Gasteiger partial charge in [0.25, 0.3) is 0 Å². The van der Waals surface area contributed by atoms with E-state index in [0.29, 0.717) is 22.6 Å². The lowest BCUT2D eigenvalue weighted by atomic mass is 10.1. The van der Waals surface area contributed by atoms with Crippen molar-refractivity contribution in [3.8, 4) is 17.4 Å². The third-order valence-electron chi connectivity index (χ3n) is 4.07. The molecule has 1 aromatic carbocycles. The molecule has 0 bridgehead atoms. The van der Waals surface area contributed by atoms with E-state index in [1.165, 1.54) is 28.2 Å². The third-order valence-corrected chi connectivity index (χ3v) is 4.62. The zero-order valence-electron chi connectivity index (χ0n) is 16.1. The first-order valence-electron chi connectivity index (χ1n) is 8.62. The van der Waals surface area contributed by atoms with Gasteiger partial charge in [-0.3, -0.25) is 0 Å². The lowest BCUT2D eigenvalue weighted by molar-refractivity contribution is 0.0527. The Kier molecular flexibility index (Phi) is 5.84. The van der Waals surface area contributed by atoms with Crippen LogP contribution in [0.25, 0.3) is 5.82 Å². The molecule has 0 saturated heterocycles. The van der Waals surface area contributed by atoms with Crippen LogP contribution in [0, 0.1) is 13.8 Å². The minimum absolute atomic E-state index is 0.140. The number of carbonyl (C=O) groups is 1. The normalized spacial score (nSPS) is 10.7. The summed E-state index contributed by atoms with van der Waals surface area (Å²) < 4.78 is 12.3. The number of rotatable bonds is 6. The Bertz CT molecular complexity index is 1020. The minimum atomic E-state index is -0.531. The van der Waals surface area contributed by atoms with Crippen molar-refractivity contribution in [1.82, 2.24) is 19.7 Å². The maximum absolute atomic E-state index is 12.0. The van der Waals surface area contributed by atoms with Gasteiger partial charge in [-0.25, -0.2) is 9.78 Å². The van der Waals surface area contributed by atoms with E-state index in [1.807, 2.05) is 38.3 Å². The van der Waals surface area contributed by atoms with Gasteiger partial charge in [-0.1, -0.05) is 17.8 Å². The molecular weight excluding hydrogens is 378 g/mol. The van der Waals surface area contributed by atoms with Crippen LogP contribution in [0.1, 0.15) is 28.4 Å². The van der Waals surface area contributed by atoms with Crippen LogP contribution in [0.3, 0.4) is 0 Å².